The summed E-state index contributed by atoms with van der Waals surface area (Å²) in [6.07, 6.45) is -1.32. The zero-order valence-electron chi connectivity index (χ0n) is 16.1. The molecule has 0 saturated heterocycles. The molecule has 166 valence electrons. The van der Waals surface area contributed by atoms with Crippen LogP contribution in [0.25, 0.3) is 11.5 Å². The van der Waals surface area contributed by atoms with Crippen molar-refractivity contribution in [1.82, 2.24) is 20.5 Å². The van der Waals surface area contributed by atoms with E-state index in [4.69, 9.17) is 9.15 Å². The Morgan fingerprint density at radius 3 is 2.61 bits per heavy atom. The molecule has 4 saturated carbocycles. The average molecular weight is 442 g/mol. The van der Waals surface area contributed by atoms with Gasteiger partial charge in [-0.1, -0.05) is 0 Å². The van der Waals surface area contributed by atoms with Crippen molar-refractivity contribution < 1.29 is 36.2 Å². The molecule has 31 heavy (non-hydrogen) atoms. The Balaban J connectivity index is 1.07. The van der Waals surface area contributed by atoms with Crippen molar-refractivity contribution in [2.24, 2.45) is 0 Å². The van der Waals surface area contributed by atoms with Crippen LogP contribution in [-0.4, -0.2) is 51.8 Å². The molecule has 2 heterocycles. The fraction of sp³-hybridized carbons (Fsp3) is 0.579. The van der Waals surface area contributed by atoms with E-state index < -0.39 is 24.4 Å². The largest absolute Gasteiger partial charge is 0.522 e. The third-order valence-corrected chi connectivity index (χ3v) is 6.07. The van der Waals surface area contributed by atoms with Crippen LogP contribution in [0.15, 0.2) is 22.9 Å². The smallest absolute Gasteiger partial charge is 0.420 e. The van der Waals surface area contributed by atoms with Gasteiger partial charge in [0.25, 0.3) is 0 Å². The molecule has 4 aliphatic carbocycles. The van der Waals surface area contributed by atoms with Crippen molar-refractivity contribution in [2.45, 2.75) is 61.6 Å². The van der Waals surface area contributed by atoms with Crippen LogP contribution in [0.3, 0.4) is 0 Å². The van der Waals surface area contributed by atoms with Gasteiger partial charge in [-0.15, -0.1) is 23.4 Å². The molecule has 4 aliphatic rings. The molecule has 12 heteroatoms. The van der Waals surface area contributed by atoms with Gasteiger partial charge in [-0.2, -0.15) is 0 Å². The topological polar surface area (TPSA) is 99.4 Å². The summed E-state index contributed by atoms with van der Waals surface area (Å²) < 4.78 is 64.6. The monoisotopic (exact) mass is 442 g/mol. The van der Waals surface area contributed by atoms with E-state index in [0.717, 1.165) is 6.20 Å². The number of hydrogen-bond acceptors (Lipinski definition) is 7. The molecule has 2 bridgehead atoms. The molecule has 8 nitrogen and oxygen atoms in total. The van der Waals surface area contributed by atoms with E-state index in [0.29, 0.717) is 30.7 Å². The van der Waals surface area contributed by atoms with Crippen LogP contribution >= 0.6 is 0 Å². The highest BCUT2D eigenvalue weighted by atomic mass is 19.4. The second-order valence-corrected chi connectivity index (χ2v) is 8.53. The van der Waals surface area contributed by atoms with E-state index in [1.54, 1.807) is 0 Å². The molecule has 1 amide bonds. The summed E-state index contributed by atoms with van der Waals surface area (Å²) in [5, 5.41) is 11.0. The molecule has 6 rings (SSSR count). The highest BCUT2D eigenvalue weighted by molar-refractivity contribution is 5.79. The van der Waals surface area contributed by atoms with Crippen molar-refractivity contribution in [3.05, 3.63) is 30.2 Å². The number of halogens is 4. The number of hydrogen-bond donors (Lipinski definition) is 1. The van der Waals surface area contributed by atoms with E-state index in [-0.39, 0.29) is 42.2 Å². The van der Waals surface area contributed by atoms with E-state index >= 15 is 0 Å². The molecule has 2 aromatic heterocycles. The maximum atomic E-state index is 13.3. The van der Waals surface area contributed by atoms with Gasteiger partial charge in [-0.25, -0.2) is 4.39 Å². The number of amides is 1. The molecule has 0 aromatic carbocycles. The maximum absolute atomic E-state index is 13.3. The zero-order chi connectivity index (χ0) is 21.9. The molecular formula is C19H18F4N4O4. The van der Waals surface area contributed by atoms with Crippen molar-refractivity contribution in [3.63, 3.8) is 0 Å². The Morgan fingerprint density at radius 2 is 1.94 bits per heavy atom. The SMILES string of the molecule is O=C(COC1CC(OC(F)(F)F)C1)NC12CC(c3nnc(-c4cncc(F)c4)o3)(C1)C2. The predicted octanol–water partition coefficient (Wildman–Crippen LogP) is 2.65. The van der Waals surface area contributed by atoms with Gasteiger partial charge >= 0.3 is 6.36 Å². The van der Waals surface area contributed by atoms with Crippen molar-refractivity contribution in [2.75, 3.05) is 6.61 Å². The lowest BCUT2D eigenvalue weighted by Crippen LogP contribution is -2.77. The van der Waals surface area contributed by atoms with Gasteiger partial charge in [-0.05, 0) is 25.3 Å². The lowest BCUT2D eigenvalue weighted by Gasteiger charge is -2.68. The summed E-state index contributed by atoms with van der Waals surface area (Å²) in [5.41, 5.74) is -0.253. The standard InChI is InChI=1S/C19H18F4N4O4/c20-11-1-10(4-24-5-11)15-26-27-16(30-15)17-7-18(8-17,9-17)25-14(28)6-29-12-2-13(3-12)31-19(21,22)23/h1,4-5,12-13H,2-3,6-9H2,(H,25,28). The minimum Gasteiger partial charge on any atom is -0.420 e. The number of nitrogens with zero attached hydrogens (tertiary/aromatic N) is 3. The van der Waals surface area contributed by atoms with E-state index in [1.165, 1.54) is 12.3 Å². The first-order valence-electron chi connectivity index (χ1n) is 9.76. The van der Waals surface area contributed by atoms with Crippen molar-refractivity contribution >= 4 is 5.91 Å². The van der Waals surface area contributed by atoms with E-state index in [9.17, 15) is 22.4 Å². The Kier molecular flexibility index (Phi) is 4.56. The van der Waals surface area contributed by atoms with Crippen LogP contribution in [0.2, 0.25) is 0 Å². The van der Waals surface area contributed by atoms with E-state index in [1.807, 2.05) is 0 Å². The first-order chi connectivity index (χ1) is 14.6. The highest BCUT2D eigenvalue weighted by Crippen LogP contribution is 2.67. The van der Waals surface area contributed by atoms with Gasteiger partial charge in [0, 0.05) is 24.6 Å². The van der Waals surface area contributed by atoms with Gasteiger partial charge in [-0.3, -0.25) is 14.5 Å². The van der Waals surface area contributed by atoms with Gasteiger partial charge in [0.05, 0.1) is 29.4 Å². The maximum Gasteiger partial charge on any atom is 0.522 e. The molecule has 0 aliphatic heterocycles. The summed E-state index contributed by atoms with van der Waals surface area (Å²) in [6.45, 7) is -0.213. The van der Waals surface area contributed by atoms with Crippen molar-refractivity contribution in [3.8, 4) is 11.5 Å². The lowest BCUT2D eigenvalue weighted by molar-refractivity contribution is -0.357. The minimum atomic E-state index is -4.65. The third-order valence-electron chi connectivity index (χ3n) is 6.07. The van der Waals surface area contributed by atoms with Crippen LogP contribution in [0.1, 0.15) is 38.0 Å². The van der Waals surface area contributed by atoms with Crippen LogP contribution in [0.5, 0.6) is 0 Å². The predicted molar refractivity (Wildman–Crippen MR) is 93.8 cm³/mol. The molecule has 2 aromatic rings. The summed E-state index contributed by atoms with van der Waals surface area (Å²) in [4.78, 5) is 15.9. The van der Waals surface area contributed by atoms with Gasteiger partial charge in [0.15, 0.2) is 0 Å². The zero-order valence-corrected chi connectivity index (χ0v) is 16.1. The summed E-state index contributed by atoms with van der Waals surface area (Å²) in [6, 6.07) is 1.26. The van der Waals surface area contributed by atoms with Crippen molar-refractivity contribution in [1.29, 1.82) is 0 Å². The number of pyridine rings is 1. The first-order valence-corrected chi connectivity index (χ1v) is 9.76. The second-order valence-electron chi connectivity index (χ2n) is 8.53. The molecular weight excluding hydrogens is 424 g/mol. The van der Waals surface area contributed by atoms with Gasteiger partial charge in [0.1, 0.15) is 12.4 Å². The average Bonchev–Trinajstić information content (AvgIpc) is 3.07. The number of nitrogens with one attached hydrogen (secondary N) is 1. The van der Waals surface area contributed by atoms with Crippen LogP contribution in [-0.2, 0) is 19.7 Å². The van der Waals surface area contributed by atoms with Crippen LogP contribution < -0.4 is 5.32 Å². The number of aromatic nitrogens is 3. The second kappa shape index (κ2) is 6.95. The molecule has 0 spiro atoms. The quantitative estimate of drug-likeness (QED) is 0.658. The minimum absolute atomic E-state index is 0.112. The fourth-order valence-corrected chi connectivity index (χ4v) is 4.69. The normalized spacial score (nSPS) is 31.4. The summed E-state index contributed by atoms with van der Waals surface area (Å²) in [5.74, 6) is -0.182. The highest BCUT2D eigenvalue weighted by Gasteiger charge is 2.71. The van der Waals surface area contributed by atoms with Gasteiger partial charge < -0.3 is 14.5 Å². The van der Waals surface area contributed by atoms with Crippen LogP contribution in [0.4, 0.5) is 17.6 Å². The Bertz CT molecular complexity index is 985. The number of carbonyl (C=O) groups is 1. The Labute approximate surface area is 173 Å². The fourth-order valence-electron chi connectivity index (χ4n) is 4.69. The number of rotatable bonds is 7. The number of carbonyl (C=O) groups excluding carboxylic acids is 1. The third kappa shape index (κ3) is 3.89. The lowest BCUT2D eigenvalue weighted by atomic mass is 9.39. The molecule has 0 radical (unpaired) electrons. The molecule has 0 unspecified atom stereocenters. The van der Waals surface area contributed by atoms with Crippen LogP contribution in [0, 0.1) is 5.82 Å². The number of alkyl halides is 3. The molecule has 1 N–H and O–H groups in total. The van der Waals surface area contributed by atoms with Gasteiger partial charge in [0.2, 0.25) is 17.7 Å². The van der Waals surface area contributed by atoms with E-state index in [2.05, 4.69) is 25.2 Å². The molecule has 4 fully saturated rings. The number of ether oxygens (including phenoxy) is 2. The summed E-state index contributed by atoms with van der Waals surface area (Å²) in [7, 11) is 0. The first kappa shape index (κ1) is 20.3. The Hall–Kier alpha value is -2.60. The Morgan fingerprint density at radius 1 is 1.19 bits per heavy atom. The molecule has 0 atom stereocenters. The summed E-state index contributed by atoms with van der Waals surface area (Å²) >= 11 is 0.